The smallest absolute Gasteiger partial charge is 0.0542 e. The lowest BCUT2D eigenvalue weighted by Gasteiger charge is -2.38. The van der Waals surface area contributed by atoms with E-state index in [0.717, 1.165) is 0 Å². The van der Waals surface area contributed by atoms with E-state index in [1.807, 2.05) is 0 Å². The van der Waals surface area contributed by atoms with Crippen LogP contribution in [0.4, 0.5) is 5.69 Å². The quantitative estimate of drug-likeness (QED) is 0.731. The number of nitrogens with zero attached hydrogens (tertiary/aromatic N) is 1. The van der Waals surface area contributed by atoms with E-state index in [2.05, 4.69) is 65.6 Å². The van der Waals surface area contributed by atoms with Gasteiger partial charge in [0.1, 0.15) is 0 Å². The summed E-state index contributed by atoms with van der Waals surface area (Å²) < 4.78 is 0. The first-order valence-corrected chi connectivity index (χ1v) is 6.82. The van der Waals surface area contributed by atoms with Crippen molar-refractivity contribution in [1.82, 2.24) is 0 Å². The van der Waals surface area contributed by atoms with Gasteiger partial charge in [-0.05, 0) is 37.0 Å². The highest BCUT2D eigenvalue weighted by atomic mass is 35.5. The molecule has 1 aliphatic heterocycles. The van der Waals surface area contributed by atoms with Crippen LogP contribution >= 0.6 is 24.8 Å². The Hall–Kier alpha value is -1.18. The topological polar surface area (TPSA) is 3.24 Å². The van der Waals surface area contributed by atoms with Crippen molar-refractivity contribution in [3.05, 3.63) is 66.2 Å². The van der Waals surface area contributed by atoms with Crippen LogP contribution in [0.2, 0.25) is 0 Å². The standard InChI is InChI=1S/C17H19N.2ClH/c1-3-9-15(10-4-1)17-13-7-8-14-18(17)16-11-5-2-6-12-16;;/h1-6,9-12,17H,7-8,13-14H2;2*1H. The number of hydrogen-bond donors (Lipinski definition) is 0. The zero-order valence-corrected chi connectivity index (χ0v) is 13.1. The Morgan fingerprint density at radius 2 is 1.35 bits per heavy atom. The van der Waals surface area contributed by atoms with E-state index in [0.29, 0.717) is 6.04 Å². The molecular weight excluding hydrogens is 289 g/mol. The van der Waals surface area contributed by atoms with Crippen molar-refractivity contribution in [1.29, 1.82) is 0 Å². The average molecular weight is 310 g/mol. The van der Waals surface area contributed by atoms with Gasteiger partial charge in [-0.2, -0.15) is 0 Å². The lowest BCUT2D eigenvalue weighted by Crippen LogP contribution is -2.33. The van der Waals surface area contributed by atoms with Crippen molar-refractivity contribution >= 4 is 30.5 Å². The van der Waals surface area contributed by atoms with Gasteiger partial charge in [-0.15, -0.1) is 24.8 Å². The Bertz CT molecular complexity index is 439. The summed E-state index contributed by atoms with van der Waals surface area (Å²) in [5.74, 6) is 0. The second-order valence-corrected chi connectivity index (χ2v) is 4.95. The third-order valence-electron chi connectivity index (χ3n) is 3.77. The molecule has 0 spiro atoms. The van der Waals surface area contributed by atoms with Crippen molar-refractivity contribution in [3.8, 4) is 0 Å². The van der Waals surface area contributed by atoms with Gasteiger partial charge in [-0.25, -0.2) is 0 Å². The number of hydrogen-bond acceptors (Lipinski definition) is 1. The highest BCUT2D eigenvalue weighted by molar-refractivity contribution is 5.85. The highest BCUT2D eigenvalue weighted by Crippen LogP contribution is 2.34. The third-order valence-corrected chi connectivity index (χ3v) is 3.77. The predicted molar refractivity (Wildman–Crippen MR) is 91.3 cm³/mol. The van der Waals surface area contributed by atoms with E-state index in [-0.39, 0.29) is 24.8 Å². The fourth-order valence-corrected chi connectivity index (χ4v) is 2.88. The minimum absolute atomic E-state index is 0. The van der Waals surface area contributed by atoms with Gasteiger partial charge < -0.3 is 4.90 Å². The molecule has 0 saturated carbocycles. The predicted octanol–water partition coefficient (Wildman–Crippen LogP) is 5.26. The van der Waals surface area contributed by atoms with Gasteiger partial charge >= 0.3 is 0 Å². The number of benzene rings is 2. The van der Waals surface area contributed by atoms with Crippen molar-refractivity contribution < 1.29 is 0 Å². The molecular formula is C17H21Cl2N. The normalized spacial score (nSPS) is 17.8. The summed E-state index contributed by atoms with van der Waals surface area (Å²) in [6, 6.07) is 22.2. The second kappa shape index (κ2) is 8.18. The zero-order valence-electron chi connectivity index (χ0n) is 11.4. The summed E-state index contributed by atoms with van der Waals surface area (Å²) in [4.78, 5) is 2.55. The monoisotopic (exact) mass is 309 g/mol. The van der Waals surface area contributed by atoms with Crippen molar-refractivity contribution in [3.63, 3.8) is 0 Å². The molecule has 0 aromatic heterocycles. The van der Waals surface area contributed by atoms with Crippen LogP contribution in [0.3, 0.4) is 0 Å². The first kappa shape index (κ1) is 16.9. The molecule has 1 saturated heterocycles. The van der Waals surface area contributed by atoms with Gasteiger partial charge in [0.15, 0.2) is 0 Å². The van der Waals surface area contributed by atoms with Crippen molar-refractivity contribution in [2.45, 2.75) is 25.3 Å². The van der Waals surface area contributed by atoms with Crippen LogP contribution in [0.25, 0.3) is 0 Å². The third kappa shape index (κ3) is 3.68. The molecule has 20 heavy (non-hydrogen) atoms. The number of halogens is 2. The molecule has 1 heterocycles. The Balaban J connectivity index is 0.000001000. The number of rotatable bonds is 2. The number of anilines is 1. The van der Waals surface area contributed by atoms with E-state index in [1.165, 1.54) is 37.1 Å². The van der Waals surface area contributed by atoms with Gasteiger partial charge in [0.2, 0.25) is 0 Å². The van der Waals surface area contributed by atoms with Crippen LogP contribution in [0.15, 0.2) is 60.7 Å². The Kier molecular flexibility index (Phi) is 6.90. The van der Waals surface area contributed by atoms with E-state index in [9.17, 15) is 0 Å². The lowest BCUT2D eigenvalue weighted by atomic mass is 9.94. The van der Waals surface area contributed by atoms with Crippen LogP contribution in [0.5, 0.6) is 0 Å². The SMILES string of the molecule is Cl.Cl.c1ccc(C2CCCCN2c2ccccc2)cc1. The molecule has 1 atom stereocenters. The minimum Gasteiger partial charge on any atom is -0.364 e. The summed E-state index contributed by atoms with van der Waals surface area (Å²) in [5.41, 5.74) is 2.80. The van der Waals surface area contributed by atoms with E-state index < -0.39 is 0 Å². The maximum absolute atomic E-state index is 2.55. The largest absolute Gasteiger partial charge is 0.364 e. The molecule has 1 nitrogen and oxygen atoms in total. The molecule has 0 bridgehead atoms. The van der Waals surface area contributed by atoms with Crippen LogP contribution in [0, 0.1) is 0 Å². The van der Waals surface area contributed by atoms with E-state index in [4.69, 9.17) is 0 Å². The molecule has 1 aliphatic rings. The Morgan fingerprint density at radius 1 is 0.750 bits per heavy atom. The molecule has 0 N–H and O–H groups in total. The van der Waals surface area contributed by atoms with E-state index >= 15 is 0 Å². The van der Waals surface area contributed by atoms with Crippen LogP contribution in [0.1, 0.15) is 30.9 Å². The minimum atomic E-state index is 0. The molecule has 3 rings (SSSR count). The Morgan fingerprint density at radius 3 is 2.00 bits per heavy atom. The molecule has 1 fully saturated rings. The second-order valence-electron chi connectivity index (χ2n) is 4.95. The van der Waals surface area contributed by atoms with Gasteiger partial charge in [0, 0.05) is 12.2 Å². The molecule has 108 valence electrons. The molecule has 2 aromatic carbocycles. The summed E-state index contributed by atoms with van der Waals surface area (Å²) in [5, 5.41) is 0. The summed E-state index contributed by atoms with van der Waals surface area (Å²) in [6.07, 6.45) is 3.90. The van der Waals surface area contributed by atoms with Crippen LogP contribution in [-0.4, -0.2) is 6.54 Å². The highest BCUT2D eigenvalue weighted by Gasteiger charge is 2.23. The Labute approximate surface area is 133 Å². The van der Waals surface area contributed by atoms with Gasteiger partial charge in [-0.3, -0.25) is 0 Å². The molecule has 3 heteroatoms. The molecule has 0 aliphatic carbocycles. The fraction of sp³-hybridized carbons (Fsp3) is 0.294. The van der Waals surface area contributed by atoms with Crippen LogP contribution in [-0.2, 0) is 0 Å². The summed E-state index contributed by atoms with van der Waals surface area (Å²) >= 11 is 0. The van der Waals surface area contributed by atoms with Gasteiger partial charge in [0.05, 0.1) is 6.04 Å². The maximum atomic E-state index is 2.55. The lowest BCUT2D eigenvalue weighted by molar-refractivity contribution is 0.473. The molecule has 0 amide bonds. The van der Waals surface area contributed by atoms with E-state index in [1.54, 1.807) is 0 Å². The zero-order chi connectivity index (χ0) is 12.2. The first-order valence-electron chi connectivity index (χ1n) is 6.82. The maximum Gasteiger partial charge on any atom is 0.0542 e. The van der Waals surface area contributed by atoms with Crippen molar-refractivity contribution in [2.75, 3.05) is 11.4 Å². The number of para-hydroxylation sites is 1. The van der Waals surface area contributed by atoms with Crippen LogP contribution < -0.4 is 4.90 Å². The average Bonchev–Trinajstić information content (AvgIpc) is 2.49. The summed E-state index contributed by atoms with van der Waals surface area (Å²) in [6.45, 7) is 1.17. The number of piperidine rings is 1. The molecule has 2 aromatic rings. The van der Waals surface area contributed by atoms with Crippen molar-refractivity contribution in [2.24, 2.45) is 0 Å². The first-order chi connectivity index (χ1) is 8.95. The summed E-state index contributed by atoms with van der Waals surface area (Å²) in [7, 11) is 0. The molecule has 0 radical (unpaired) electrons. The van der Waals surface area contributed by atoms with Gasteiger partial charge in [0.25, 0.3) is 0 Å². The van der Waals surface area contributed by atoms with Gasteiger partial charge in [-0.1, -0.05) is 48.5 Å². The fourth-order valence-electron chi connectivity index (χ4n) is 2.88. The molecule has 1 unspecified atom stereocenters.